The molecule has 2 aromatic rings. The topological polar surface area (TPSA) is 44.2 Å². The first kappa shape index (κ1) is 21.6. The third-order valence-corrected chi connectivity index (χ3v) is 5.72. The summed E-state index contributed by atoms with van der Waals surface area (Å²) >= 11 is 0. The molecule has 0 spiro atoms. The van der Waals surface area contributed by atoms with Gasteiger partial charge < -0.3 is 9.47 Å². The van der Waals surface area contributed by atoms with Gasteiger partial charge in [-0.15, -0.1) is 0 Å². The van der Waals surface area contributed by atoms with Gasteiger partial charge in [0.15, 0.2) is 11.6 Å². The Kier molecular flexibility index (Phi) is 9.28. The molecule has 0 atom stereocenters. The fourth-order valence-corrected chi connectivity index (χ4v) is 3.88. The van der Waals surface area contributed by atoms with Gasteiger partial charge in [0, 0.05) is 5.56 Å². The Bertz CT molecular complexity index is 679. The molecule has 0 bridgehead atoms. The van der Waals surface area contributed by atoms with Crippen LogP contribution >= 0.6 is 0 Å². The summed E-state index contributed by atoms with van der Waals surface area (Å²) in [5.41, 5.74) is 0.998. The molecule has 4 heteroatoms. The number of benzene rings is 1. The summed E-state index contributed by atoms with van der Waals surface area (Å²) < 4.78 is 11.7. The molecule has 4 nitrogen and oxygen atoms in total. The van der Waals surface area contributed by atoms with Gasteiger partial charge >= 0.3 is 0 Å². The third kappa shape index (κ3) is 7.68. The zero-order valence-electron chi connectivity index (χ0n) is 17.9. The van der Waals surface area contributed by atoms with E-state index >= 15 is 0 Å². The molecule has 1 heterocycles. The zero-order chi connectivity index (χ0) is 20.2. The van der Waals surface area contributed by atoms with Gasteiger partial charge in [-0.1, -0.05) is 58.3 Å². The molecule has 0 saturated heterocycles. The van der Waals surface area contributed by atoms with Gasteiger partial charge in [0.25, 0.3) is 0 Å². The molecule has 0 radical (unpaired) electrons. The van der Waals surface area contributed by atoms with E-state index in [1.807, 2.05) is 24.3 Å². The quantitative estimate of drug-likeness (QED) is 0.368. The van der Waals surface area contributed by atoms with E-state index < -0.39 is 0 Å². The van der Waals surface area contributed by atoms with E-state index in [1.165, 1.54) is 64.2 Å². The lowest BCUT2D eigenvalue weighted by Crippen LogP contribution is -2.15. The van der Waals surface area contributed by atoms with Crippen LogP contribution in [0.1, 0.15) is 77.6 Å². The molecule has 1 aromatic heterocycles. The minimum atomic E-state index is 0.718. The summed E-state index contributed by atoms with van der Waals surface area (Å²) in [6.45, 7) is 3.81. The van der Waals surface area contributed by atoms with Crippen LogP contribution in [0.25, 0.3) is 11.4 Å². The molecule has 1 fully saturated rings. The second-order valence-corrected chi connectivity index (χ2v) is 8.20. The number of ether oxygens (including phenoxy) is 2. The Balaban J connectivity index is 1.39. The Morgan fingerprint density at radius 2 is 1.48 bits per heavy atom. The van der Waals surface area contributed by atoms with Crippen LogP contribution in [-0.2, 0) is 0 Å². The minimum absolute atomic E-state index is 0.718. The monoisotopic (exact) mass is 396 g/mol. The fraction of sp³-hybridized carbons (Fsp3) is 0.600. The van der Waals surface area contributed by atoms with E-state index in [9.17, 15) is 0 Å². The van der Waals surface area contributed by atoms with Crippen molar-refractivity contribution in [2.24, 2.45) is 5.92 Å². The Labute approximate surface area is 176 Å². The highest BCUT2D eigenvalue weighted by atomic mass is 16.5. The third-order valence-electron chi connectivity index (χ3n) is 5.72. The van der Waals surface area contributed by atoms with E-state index in [-0.39, 0.29) is 0 Å². The number of aromatic nitrogens is 2. The maximum Gasteiger partial charge on any atom is 0.159 e. The summed E-state index contributed by atoms with van der Waals surface area (Å²) in [5.74, 6) is 3.11. The van der Waals surface area contributed by atoms with E-state index in [0.717, 1.165) is 48.4 Å². The lowest BCUT2D eigenvalue weighted by Gasteiger charge is -2.21. The van der Waals surface area contributed by atoms with Crippen LogP contribution in [0.5, 0.6) is 11.5 Å². The normalized spacial score (nSPS) is 14.7. The molecule has 0 amide bonds. The van der Waals surface area contributed by atoms with E-state index in [0.29, 0.717) is 0 Å². The van der Waals surface area contributed by atoms with Crippen molar-refractivity contribution in [3.63, 3.8) is 0 Å². The van der Waals surface area contributed by atoms with Gasteiger partial charge in [-0.3, -0.25) is 0 Å². The number of rotatable bonds is 12. The Morgan fingerprint density at radius 3 is 2.21 bits per heavy atom. The summed E-state index contributed by atoms with van der Waals surface area (Å²) in [6.07, 6.45) is 17.8. The van der Waals surface area contributed by atoms with E-state index in [1.54, 1.807) is 12.4 Å². The highest BCUT2D eigenvalue weighted by Gasteiger charge is 2.14. The summed E-state index contributed by atoms with van der Waals surface area (Å²) in [4.78, 5) is 8.92. The summed E-state index contributed by atoms with van der Waals surface area (Å²) in [5, 5.41) is 0. The highest BCUT2D eigenvalue weighted by molar-refractivity contribution is 5.56. The molecule has 29 heavy (non-hydrogen) atoms. The van der Waals surface area contributed by atoms with Crippen LogP contribution < -0.4 is 9.47 Å². The Hall–Kier alpha value is -2.10. The minimum Gasteiger partial charge on any atom is -0.493 e. The molecule has 3 rings (SSSR count). The van der Waals surface area contributed by atoms with Crippen molar-refractivity contribution >= 4 is 0 Å². The molecular formula is C25H36N2O2. The molecule has 158 valence electrons. The number of nitrogens with zero attached hydrogens (tertiary/aromatic N) is 2. The smallest absolute Gasteiger partial charge is 0.159 e. The van der Waals surface area contributed by atoms with Crippen molar-refractivity contribution in [3.8, 4) is 22.9 Å². The van der Waals surface area contributed by atoms with Crippen LogP contribution in [-0.4, -0.2) is 23.2 Å². The van der Waals surface area contributed by atoms with Crippen LogP contribution in [0.15, 0.2) is 36.7 Å². The van der Waals surface area contributed by atoms with E-state index in [2.05, 4.69) is 16.9 Å². The lowest BCUT2D eigenvalue weighted by molar-refractivity contribution is 0.209. The lowest BCUT2D eigenvalue weighted by atomic mass is 9.90. The molecule has 1 aromatic carbocycles. The van der Waals surface area contributed by atoms with Crippen LogP contribution in [0.2, 0.25) is 0 Å². The van der Waals surface area contributed by atoms with Crippen LogP contribution in [0.4, 0.5) is 0 Å². The van der Waals surface area contributed by atoms with Crippen LogP contribution in [0.3, 0.4) is 0 Å². The van der Waals surface area contributed by atoms with Crippen molar-refractivity contribution in [1.82, 2.24) is 9.97 Å². The number of hydrogen-bond donors (Lipinski definition) is 0. The highest BCUT2D eigenvalue weighted by Crippen LogP contribution is 2.25. The van der Waals surface area contributed by atoms with Gasteiger partial charge in [-0.25, -0.2) is 9.97 Å². The first-order valence-corrected chi connectivity index (χ1v) is 11.5. The maximum atomic E-state index is 5.98. The largest absolute Gasteiger partial charge is 0.493 e. The molecule has 0 unspecified atom stereocenters. The summed E-state index contributed by atoms with van der Waals surface area (Å²) in [6, 6.07) is 8.10. The zero-order valence-corrected chi connectivity index (χ0v) is 17.9. The fourth-order valence-electron chi connectivity index (χ4n) is 3.88. The molecule has 0 N–H and O–H groups in total. The second kappa shape index (κ2) is 12.5. The number of unbranched alkanes of at least 4 members (excludes halogenated alkanes) is 5. The van der Waals surface area contributed by atoms with E-state index in [4.69, 9.17) is 9.47 Å². The second-order valence-electron chi connectivity index (χ2n) is 8.20. The van der Waals surface area contributed by atoms with Crippen molar-refractivity contribution in [1.29, 1.82) is 0 Å². The van der Waals surface area contributed by atoms with Crippen LogP contribution in [0, 0.1) is 5.92 Å². The molecule has 1 aliphatic carbocycles. The van der Waals surface area contributed by atoms with Crippen molar-refractivity contribution in [2.45, 2.75) is 77.6 Å². The average molecular weight is 397 g/mol. The van der Waals surface area contributed by atoms with Gasteiger partial charge in [0.1, 0.15) is 5.75 Å². The predicted octanol–water partition coefficient (Wildman–Crippen LogP) is 6.84. The van der Waals surface area contributed by atoms with Gasteiger partial charge in [0.2, 0.25) is 0 Å². The predicted molar refractivity (Wildman–Crippen MR) is 118 cm³/mol. The number of hydrogen-bond acceptors (Lipinski definition) is 4. The maximum absolute atomic E-state index is 5.98. The SMILES string of the molecule is CCCCCCCCOc1cnc(-c2ccc(OCC3CCCCC3)cc2)nc1. The van der Waals surface area contributed by atoms with Gasteiger partial charge in [-0.2, -0.15) is 0 Å². The van der Waals surface area contributed by atoms with Gasteiger partial charge in [0.05, 0.1) is 25.6 Å². The molecular weight excluding hydrogens is 360 g/mol. The molecule has 1 saturated carbocycles. The standard InChI is InChI=1S/C25H36N2O2/c1-2-3-4-5-6-10-17-28-24-18-26-25(27-19-24)22-13-15-23(16-14-22)29-20-21-11-8-7-9-12-21/h13-16,18-19,21H,2-12,17,20H2,1H3. The average Bonchev–Trinajstić information content (AvgIpc) is 2.79. The Morgan fingerprint density at radius 1 is 0.793 bits per heavy atom. The van der Waals surface area contributed by atoms with Crippen molar-refractivity contribution < 1.29 is 9.47 Å². The van der Waals surface area contributed by atoms with Crippen molar-refractivity contribution in [2.75, 3.05) is 13.2 Å². The first-order valence-electron chi connectivity index (χ1n) is 11.5. The molecule has 1 aliphatic rings. The summed E-state index contributed by atoms with van der Waals surface area (Å²) in [7, 11) is 0. The molecule has 0 aliphatic heterocycles. The first-order chi connectivity index (χ1) is 14.3. The van der Waals surface area contributed by atoms with Gasteiger partial charge in [-0.05, 0) is 49.4 Å². The van der Waals surface area contributed by atoms with Crippen molar-refractivity contribution in [3.05, 3.63) is 36.7 Å².